The van der Waals surface area contributed by atoms with E-state index in [2.05, 4.69) is 5.32 Å². The summed E-state index contributed by atoms with van der Waals surface area (Å²) in [7, 11) is 0. The number of carbonyl (C=O) groups is 1. The van der Waals surface area contributed by atoms with Crippen molar-refractivity contribution in [1.29, 1.82) is 0 Å². The van der Waals surface area contributed by atoms with Gasteiger partial charge in [0.05, 0.1) is 16.1 Å². The summed E-state index contributed by atoms with van der Waals surface area (Å²) in [6.45, 7) is 0. The van der Waals surface area contributed by atoms with Crippen LogP contribution in [0.5, 0.6) is 0 Å². The van der Waals surface area contributed by atoms with Crippen LogP contribution in [0.1, 0.15) is 20.8 Å². The fourth-order valence-electron chi connectivity index (χ4n) is 2.40. The smallest absolute Gasteiger partial charge is 0.321 e. The van der Waals surface area contributed by atoms with Crippen LogP contribution in [0.2, 0.25) is 10.0 Å². The number of benzene rings is 2. The lowest BCUT2D eigenvalue weighted by Crippen LogP contribution is -2.15. The molecule has 1 amide bonds. The minimum atomic E-state index is -5.02. The monoisotopic (exact) mass is 457 g/mol. The van der Waals surface area contributed by atoms with Crippen molar-refractivity contribution in [1.82, 2.24) is 0 Å². The van der Waals surface area contributed by atoms with Crippen LogP contribution in [0.25, 0.3) is 10.1 Å². The van der Waals surface area contributed by atoms with Crippen LogP contribution in [0.3, 0.4) is 0 Å². The topological polar surface area (TPSA) is 29.1 Å². The number of hydrogen-bond donors (Lipinski definition) is 1. The molecule has 0 saturated heterocycles. The van der Waals surface area contributed by atoms with E-state index in [1.165, 1.54) is 12.1 Å². The molecule has 0 bridgehead atoms. The normalized spacial score (nSPS) is 12.4. The molecule has 0 unspecified atom stereocenters. The standard InChI is InChI=1S/C17H7Cl2F6NOS/c18-9-1-2-11-12(6-9)28-14(13(11)19)15(27)26-10-4-7(16(20,21)22)3-8(5-10)17(23,24)25/h1-6H,(H,26,27). The number of alkyl halides is 6. The van der Waals surface area contributed by atoms with Gasteiger partial charge >= 0.3 is 12.4 Å². The van der Waals surface area contributed by atoms with E-state index < -0.39 is 35.1 Å². The Labute approximate surface area is 167 Å². The van der Waals surface area contributed by atoms with Gasteiger partial charge in [-0.15, -0.1) is 11.3 Å². The van der Waals surface area contributed by atoms with E-state index in [0.717, 1.165) is 11.3 Å². The van der Waals surface area contributed by atoms with Crippen molar-refractivity contribution >= 4 is 56.2 Å². The number of halogens is 8. The zero-order chi connectivity index (χ0) is 20.9. The summed E-state index contributed by atoms with van der Waals surface area (Å²) in [6.07, 6.45) is -10.0. The predicted molar refractivity (Wildman–Crippen MR) is 96.2 cm³/mol. The van der Waals surface area contributed by atoms with Gasteiger partial charge in [0.2, 0.25) is 0 Å². The van der Waals surface area contributed by atoms with Crippen molar-refractivity contribution in [3.8, 4) is 0 Å². The largest absolute Gasteiger partial charge is 0.416 e. The Balaban J connectivity index is 2.01. The highest BCUT2D eigenvalue weighted by atomic mass is 35.5. The number of nitrogens with one attached hydrogen (secondary N) is 1. The molecule has 0 spiro atoms. The van der Waals surface area contributed by atoms with E-state index in [4.69, 9.17) is 23.2 Å². The molecule has 3 rings (SSSR count). The lowest BCUT2D eigenvalue weighted by Gasteiger charge is -2.14. The van der Waals surface area contributed by atoms with Crippen molar-refractivity contribution in [2.24, 2.45) is 0 Å². The summed E-state index contributed by atoms with van der Waals surface area (Å²) in [5.41, 5.74) is -3.72. The number of amides is 1. The minimum absolute atomic E-state index is 0.0237. The van der Waals surface area contributed by atoms with Crippen LogP contribution >= 0.6 is 34.5 Å². The summed E-state index contributed by atoms with van der Waals surface area (Å²) in [6, 6.07) is 5.45. The van der Waals surface area contributed by atoms with Gasteiger partial charge in [0, 0.05) is 20.8 Å². The number of carbonyl (C=O) groups excluding carboxylic acids is 1. The Bertz CT molecular complexity index is 1040. The van der Waals surface area contributed by atoms with Gasteiger partial charge in [-0.3, -0.25) is 4.79 Å². The van der Waals surface area contributed by atoms with Crippen LogP contribution in [0.15, 0.2) is 36.4 Å². The Kier molecular flexibility index (Phi) is 5.28. The SMILES string of the molecule is O=C(Nc1cc(C(F)(F)F)cc(C(F)(F)F)c1)c1sc2cc(Cl)ccc2c1Cl. The number of hydrogen-bond acceptors (Lipinski definition) is 2. The molecule has 0 aliphatic carbocycles. The summed E-state index contributed by atoms with van der Waals surface area (Å²) >= 11 is 12.9. The molecule has 1 N–H and O–H groups in total. The molecule has 28 heavy (non-hydrogen) atoms. The number of anilines is 1. The first-order valence-corrected chi connectivity index (χ1v) is 8.92. The van der Waals surface area contributed by atoms with E-state index in [-0.39, 0.29) is 16.0 Å². The predicted octanol–water partition coefficient (Wildman–Crippen LogP) is 7.50. The Morgan fingerprint density at radius 3 is 2.00 bits per heavy atom. The lowest BCUT2D eigenvalue weighted by atomic mass is 10.1. The van der Waals surface area contributed by atoms with Crippen LogP contribution in [-0.4, -0.2) is 5.91 Å². The van der Waals surface area contributed by atoms with E-state index in [0.29, 0.717) is 27.2 Å². The van der Waals surface area contributed by atoms with E-state index >= 15 is 0 Å². The van der Waals surface area contributed by atoms with Crippen LogP contribution < -0.4 is 5.32 Å². The van der Waals surface area contributed by atoms with Crippen molar-refractivity contribution < 1.29 is 31.1 Å². The molecule has 148 valence electrons. The summed E-state index contributed by atoms with van der Waals surface area (Å²) < 4.78 is 78.1. The maximum absolute atomic E-state index is 12.9. The highest BCUT2D eigenvalue weighted by Gasteiger charge is 2.37. The molecule has 0 fully saturated rings. The zero-order valence-corrected chi connectivity index (χ0v) is 15.6. The van der Waals surface area contributed by atoms with Gasteiger partial charge in [0.25, 0.3) is 5.91 Å². The highest BCUT2D eigenvalue weighted by Crippen LogP contribution is 2.39. The fraction of sp³-hybridized carbons (Fsp3) is 0.118. The first-order valence-electron chi connectivity index (χ1n) is 7.34. The van der Waals surface area contributed by atoms with Crippen molar-refractivity contribution in [2.45, 2.75) is 12.4 Å². The van der Waals surface area contributed by atoms with Crippen LogP contribution in [0, 0.1) is 0 Å². The fourth-order valence-corrected chi connectivity index (χ4v) is 4.09. The van der Waals surface area contributed by atoms with Gasteiger partial charge in [-0.2, -0.15) is 26.3 Å². The number of thiophene rings is 1. The third-order valence-corrected chi connectivity index (χ3v) is 5.53. The summed E-state index contributed by atoms with van der Waals surface area (Å²) in [5, 5.41) is 2.95. The number of rotatable bonds is 2. The van der Waals surface area contributed by atoms with Gasteiger partial charge in [-0.25, -0.2) is 0 Å². The highest BCUT2D eigenvalue weighted by molar-refractivity contribution is 7.21. The minimum Gasteiger partial charge on any atom is -0.321 e. The maximum Gasteiger partial charge on any atom is 0.416 e. The van der Waals surface area contributed by atoms with Crippen LogP contribution in [-0.2, 0) is 12.4 Å². The van der Waals surface area contributed by atoms with Crippen molar-refractivity contribution in [2.75, 3.05) is 5.32 Å². The summed E-state index contributed by atoms with van der Waals surface area (Å²) in [4.78, 5) is 12.4. The van der Waals surface area contributed by atoms with Gasteiger partial charge < -0.3 is 5.32 Å². The lowest BCUT2D eigenvalue weighted by molar-refractivity contribution is -0.143. The first kappa shape index (κ1) is 20.8. The Hall–Kier alpha value is -1.97. The third-order valence-electron chi connectivity index (χ3n) is 3.64. The molecule has 0 aliphatic rings. The van der Waals surface area contributed by atoms with E-state index in [1.54, 1.807) is 6.07 Å². The molecule has 3 aromatic rings. The molecule has 1 heterocycles. The molecule has 1 aromatic heterocycles. The molecule has 2 nitrogen and oxygen atoms in total. The second kappa shape index (κ2) is 7.13. The van der Waals surface area contributed by atoms with Crippen LogP contribution in [0.4, 0.5) is 32.0 Å². The quantitative estimate of drug-likeness (QED) is 0.396. The van der Waals surface area contributed by atoms with Gasteiger partial charge in [0.1, 0.15) is 4.88 Å². The molecule has 2 aromatic carbocycles. The third kappa shape index (κ3) is 4.21. The average molecular weight is 458 g/mol. The number of fused-ring (bicyclic) bond motifs is 1. The second-order valence-corrected chi connectivity index (χ2v) is 7.50. The summed E-state index contributed by atoms with van der Waals surface area (Å²) in [5.74, 6) is -0.935. The second-order valence-electron chi connectivity index (χ2n) is 5.63. The van der Waals surface area contributed by atoms with Crippen molar-refractivity contribution in [3.63, 3.8) is 0 Å². The maximum atomic E-state index is 12.9. The average Bonchev–Trinajstić information content (AvgIpc) is 2.89. The Morgan fingerprint density at radius 1 is 0.893 bits per heavy atom. The van der Waals surface area contributed by atoms with Crippen molar-refractivity contribution in [3.05, 3.63) is 62.4 Å². The van der Waals surface area contributed by atoms with Gasteiger partial charge in [-0.05, 0) is 30.3 Å². The molecule has 0 atom stereocenters. The van der Waals surface area contributed by atoms with Gasteiger partial charge in [-0.1, -0.05) is 29.3 Å². The molecular formula is C17H7Cl2F6NOS. The first-order chi connectivity index (χ1) is 12.9. The molecule has 0 radical (unpaired) electrons. The van der Waals surface area contributed by atoms with E-state index in [9.17, 15) is 31.1 Å². The zero-order valence-electron chi connectivity index (χ0n) is 13.3. The Morgan fingerprint density at radius 2 is 1.46 bits per heavy atom. The molecule has 0 aliphatic heterocycles. The molecular weight excluding hydrogens is 451 g/mol. The van der Waals surface area contributed by atoms with Gasteiger partial charge in [0.15, 0.2) is 0 Å². The van der Waals surface area contributed by atoms with E-state index in [1.807, 2.05) is 0 Å². The molecule has 11 heteroatoms. The molecule has 0 saturated carbocycles.